The molecule has 3 heteroatoms. The van der Waals surface area contributed by atoms with E-state index in [-0.39, 0.29) is 0 Å². The van der Waals surface area contributed by atoms with Gasteiger partial charge in [-0.05, 0) is 31.0 Å². The summed E-state index contributed by atoms with van der Waals surface area (Å²) in [6, 6.07) is 16.8. The first-order valence-corrected chi connectivity index (χ1v) is 8.45. The molecule has 0 spiro atoms. The van der Waals surface area contributed by atoms with Crippen molar-refractivity contribution >= 4 is 11.8 Å². The highest BCUT2D eigenvalue weighted by Gasteiger charge is 2.18. The Bertz CT molecular complexity index is 828. The predicted octanol–water partition coefficient (Wildman–Crippen LogP) is 4.77. The number of hydrogen-bond acceptors (Lipinski definition) is 3. The molecule has 0 bridgehead atoms. The summed E-state index contributed by atoms with van der Waals surface area (Å²) < 4.78 is 0. The second-order valence-corrected chi connectivity index (χ2v) is 6.67. The van der Waals surface area contributed by atoms with Gasteiger partial charge in [0.1, 0.15) is 0 Å². The van der Waals surface area contributed by atoms with Gasteiger partial charge >= 0.3 is 0 Å². The van der Waals surface area contributed by atoms with E-state index in [9.17, 15) is 0 Å². The van der Waals surface area contributed by atoms with Crippen molar-refractivity contribution in [3.05, 3.63) is 65.9 Å². The molecule has 3 aromatic rings. The average molecular weight is 304 g/mol. The predicted molar refractivity (Wildman–Crippen MR) is 92.1 cm³/mol. The molecular weight excluding hydrogens is 288 g/mol. The minimum absolute atomic E-state index is 0.804. The SMILES string of the molecule is Cc1ccc2c(c1)-c1nc(-c3ccccc3)ncc1CCS2. The molecule has 0 saturated heterocycles. The zero-order valence-electron chi connectivity index (χ0n) is 12.4. The highest BCUT2D eigenvalue weighted by molar-refractivity contribution is 7.99. The molecule has 0 fully saturated rings. The van der Waals surface area contributed by atoms with Gasteiger partial charge in [-0.1, -0.05) is 42.0 Å². The third-order valence-electron chi connectivity index (χ3n) is 3.92. The zero-order chi connectivity index (χ0) is 14.9. The summed E-state index contributed by atoms with van der Waals surface area (Å²) >= 11 is 1.91. The summed E-state index contributed by atoms with van der Waals surface area (Å²) in [5, 5.41) is 0. The molecule has 2 nitrogen and oxygen atoms in total. The van der Waals surface area contributed by atoms with E-state index in [1.54, 1.807) is 0 Å². The van der Waals surface area contributed by atoms with Crippen molar-refractivity contribution in [2.45, 2.75) is 18.2 Å². The molecule has 0 radical (unpaired) electrons. The highest BCUT2D eigenvalue weighted by Crippen LogP contribution is 2.37. The largest absolute Gasteiger partial charge is 0.236 e. The lowest BCUT2D eigenvalue weighted by atomic mass is 10.0. The van der Waals surface area contributed by atoms with Gasteiger partial charge in [-0.2, -0.15) is 0 Å². The van der Waals surface area contributed by atoms with Crippen molar-refractivity contribution in [2.75, 3.05) is 5.75 Å². The van der Waals surface area contributed by atoms with Crippen molar-refractivity contribution < 1.29 is 0 Å². The van der Waals surface area contributed by atoms with Gasteiger partial charge < -0.3 is 0 Å². The Morgan fingerprint density at radius 3 is 2.77 bits per heavy atom. The van der Waals surface area contributed by atoms with E-state index in [2.05, 4.69) is 42.2 Å². The maximum Gasteiger partial charge on any atom is 0.159 e. The normalized spacial score (nSPS) is 13.1. The van der Waals surface area contributed by atoms with Crippen LogP contribution in [0.3, 0.4) is 0 Å². The van der Waals surface area contributed by atoms with E-state index in [4.69, 9.17) is 4.98 Å². The van der Waals surface area contributed by atoms with Crippen LogP contribution in [0.25, 0.3) is 22.6 Å². The van der Waals surface area contributed by atoms with Gasteiger partial charge in [-0.25, -0.2) is 9.97 Å². The van der Waals surface area contributed by atoms with Crippen LogP contribution >= 0.6 is 11.8 Å². The molecule has 1 aliphatic rings. The molecule has 22 heavy (non-hydrogen) atoms. The minimum atomic E-state index is 0.804. The summed E-state index contributed by atoms with van der Waals surface area (Å²) in [7, 11) is 0. The number of aryl methyl sites for hydroxylation is 2. The van der Waals surface area contributed by atoms with Gasteiger partial charge in [0.25, 0.3) is 0 Å². The quantitative estimate of drug-likeness (QED) is 0.648. The number of hydrogen-bond donors (Lipinski definition) is 0. The lowest BCUT2D eigenvalue weighted by Crippen LogP contribution is -1.98. The molecule has 0 N–H and O–H groups in total. The van der Waals surface area contributed by atoms with Crippen molar-refractivity contribution in [1.29, 1.82) is 0 Å². The van der Waals surface area contributed by atoms with E-state index in [1.165, 1.54) is 21.6 Å². The van der Waals surface area contributed by atoms with Crippen molar-refractivity contribution in [3.63, 3.8) is 0 Å². The van der Waals surface area contributed by atoms with Crippen molar-refractivity contribution in [1.82, 2.24) is 9.97 Å². The van der Waals surface area contributed by atoms with Crippen LogP contribution in [0, 0.1) is 6.92 Å². The lowest BCUT2D eigenvalue weighted by Gasteiger charge is -2.10. The maximum atomic E-state index is 4.90. The third-order valence-corrected chi connectivity index (χ3v) is 4.99. The van der Waals surface area contributed by atoms with Crippen LogP contribution in [0.15, 0.2) is 59.6 Å². The molecule has 1 aliphatic heterocycles. The topological polar surface area (TPSA) is 25.8 Å². The standard InChI is InChI=1S/C19H16N2S/c1-13-7-8-17-16(11-13)18-15(9-10-22-17)12-20-19(21-18)14-5-3-2-4-6-14/h2-8,11-12H,9-10H2,1H3. The number of rotatable bonds is 1. The average Bonchev–Trinajstić information content (AvgIpc) is 2.74. The Hall–Kier alpha value is -2.13. The van der Waals surface area contributed by atoms with Crippen molar-refractivity contribution in [3.8, 4) is 22.6 Å². The maximum absolute atomic E-state index is 4.90. The van der Waals surface area contributed by atoms with Crippen LogP contribution in [0.4, 0.5) is 0 Å². The van der Waals surface area contributed by atoms with Gasteiger partial charge in [0.05, 0.1) is 5.69 Å². The van der Waals surface area contributed by atoms with Crippen LogP contribution in [-0.2, 0) is 6.42 Å². The van der Waals surface area contributed by atoms with E-state index in [0.717, 1.165) is 29.3 Å². The molecule has 0 aliphatic carbocycles. The number of thioether (sulfide) groups is 1. The summed E-state index contributed by atoms with van der Waals surface area (Å²) in [5.41, 5.74) is 5.93. The van der Waals surface area contributed by atoms with E-state index < -0.39 is 0 Å². The molecule has 0 amide bonds. The van der Waals surface area contributed by atoms with Gasteiger partial charge in [-0.3, -0.25) is 0 Å². The smallest absolute Gasteiger partial charge is 0.159 e. The fraction of sp³-hybridized carbons (Fsp3) is 0.158. The minimum Gasteiger partial charge on any atom is -0.236 e. The van der Waals surface area contributed by atoms with Gasteiger partial charge in [-0.15, -0.1) is 11.8 Å². The Labute approximate surface area is 134 Å². The monoisotopic (exact) mass is 304 g/mol. The van der Waals surface area contributed by atoms with Crippen molar-refractivity contribution in [2.24, 2.45) is 0 Å². The summed E-state index contributed by atoms with van der Waals surface area (Å²) in [6.07, 6.45) is 3.02. The zero-order valence-corrected chi connectivity index (χ0v) is 13.2. The molecule has 0 atom stereocenters. The molecule has 108 valence electrons. The van der Waals surface area contributed by atoms with Crippen LogP contribution in [0.2, 0.25) is 0 Å². The van der Waals surface area contributed by atoms with Gasteiger partial charge in [0.15, 0.2) is 5.82 Å². The van der Waals surface area contributed by atoms with Crippen LogP contribution in [-0.4, -0.2) is 15.7 Å². The number of aromatic nitrogens is 2. The molecular formula is C19H16N2S. The van der Waals surface area contributed by atoms with Crippen LogP contribution in [0.5, 0.6) is 0 Å². The van der Waals surface area contributed by atoms with Crippen LogP contribution < -0.4 is 0 Å². The fourth-order valence-corrected chi connectivity index (χ4v) is 3.79. The molecule has 0 unspecified atom stereocenters. The third kappa shape index (κ3) is 2.42. The highest BCUT2D eigenvalue weighted by atomic mass is 32.2. The Kier molecular flexibility index (Phi) is 3.43. The molecule has 0 saturated carbocycles. The van der Waals surface area contributed by atoms with Crippen LogP contribution in [0.1, 0.15) is 11.1 Å². The molecule has 2 heterocycles. The molecule has 1 aromatic heterocycles. The van der Waals surface area contributed by atoms with Gasteiger partial charge in [0.2, 0.25) is 0 Å². The Balaban J connectivity index is 1.92. The number of benzene rings is 2. The van der Waals surface area contributed by atoms with E-state index >= 15 is 0 Å². The first-order chi connectivity index (χ1) is 10.8. The van der Waals surface area contributed by atoms with Gasteiger partial charge in [0, 0.05) is 28.0 Å². The summed E-state index contributed by atoms with van der Waals surface area (Å²) in [4.78, 5) is 10.8. The second kappa shape index (κ2) is 5.58. The lowest BCUT2D eigenvalue weighted by molar-refractivity contribution is 1.07. The summed E-state index contributed by atoms with van der Waals surface area (Å²) in [5.74, 6) is 1.88. The fourth-order valence-electron chi connectivity index (χ4n) is 2.77. The first kappa shape index (κ1) is 13.5. The number of nitrogens with zero attached hydrogens (tertiary/aromatic N) is 2. The second-order valence-electron chi connectivity index (χ2n) is 5.53. The molecule has 4 rings (SSSR count). The Morgan fingerprint density at radius 1 is 1.05 bits per heavy atom. The number of fused-ring (bicyclic) bond motifs is 3. The summed E-state index contributed by atoms with van der Waals surface area (Å²) in [6.45, 7) is 2.13. The van der Waals surface area contributed by atoms with E-state index in [1.807, 2.05) is 36.2 Å². The first-order valence-electron chi connectivity index (χ1n) is 7.46. The molecule has 2 aromatic carbocycles. The Morgan fingerprint density at radius 2 is 1.91 bits per heavy atom. The van der Waals surface area contributed by atoms with E-state index in [0.29, 0.717) is 0 Å².